The third-order valence-corrected chi connectivity index (χ3v) is 3.31. The fourth-order valence-corrected chi connectivity index (χ4v) is 2.52. The Kier molecular flexibility index (Phi) is 2.89. The van der Waals surface area contributed by atoms with Gasteiger partial charge in [0.2, 0.25) is 0 Å². The van der Waals surface area contributed by atoms with Crippen LogP contribution in [0.3, 0.4) is 0 Å². The molecule has 1 aromatic rings. The molecule has 3 rings (SSSR count). The first kappa shape index (κ1) is 10.8. The molecule has 0 amide bonds. The molecule has 0 fully saturated rings. The summed E-state index contributed by atoms with van der Waals surface area (Å²) in [4.78, 5) is 0. The van der Waals surface area contributed by atoms with Gasteiger partial charge in [-0.15, -0.1) is 12.4 Å². The first-order chi connectivity index (χ1) is 6.84. The number of rotatable bonds is 0. The molecule has 0 bridgehead atoms. The average Bonchev–Trinajstić information content (AvgIpc) is 2.62. The molecule has 1 atom stereocenters. The van der Waals surface area contributed by atoms with Crippen LogP contribution >= 0.6 is 12.4 Å². The second-order valence-corrected chi connectivity index (χ2v) is 4.26. The standard InChI is InChI=1S/C12H15NO.ClH/c13-11-3-1-2-8-7-12-9(4-5-14-12)6-10(8)11;/h6-7,11H,1-5,13H2;1H. The van der Waals surface area contributed by atoms with Crippen molar-refractivity contribution in [2.75, 3.05) is 6.61 Å². The fraction of sp³-hybridized carbons (Fsp3) is 0.500. The van der Waals surface area contributed by atoms with Crippen LogP contribution in [-0.2, 0) is 12.8 Å². The van der Waals surface area contributed by atoms with Crippen LogP contribution in [0.4, 0.5) is 0 Å². The lowest BCUT2D eigenvalue weighted by atomic mass is 9.86. The van der Waals surface area contributed by atoms with Gasteiger partial charge < -0.3 is 10.5 Å². The van der Waals surface area contributed by atoms with Gasteiger partial charge in [0, 0.05) is 12.5 Å². The van der Waals surface area contributed by atoms with Gasteiger partial charge in [-0.3, -0.25) is 0 Å². The van der Waals surface area contributed by atoms with Gasteiger partial charge in [-0.1, -0.05) is 6.07 Å². The van der Waals surface area contributed by atoms with Crippen LogP contribution in [0.1, 0.15) is 35.6 Å². The van der Waals surface area contributed by atoms with E-state index in [0.717, 1.165) is 25.2 Å². The van der Waals surface area contributed by atoms with E-state index in [9.17, 15) is 0 Å². The molecule has 0 saturated heterocycles. The number of benzene rings is 1. The molecule has 0 saturated carbocycles. The Balaban J connectivity index is 0.000000853. The van der Waals surface area contributed by atoms with Crippen molar-refractivity contribution < 1.29 is 4.74 Å². The number of hydrogen-bond donors (Lipinski definition) is 1. The zero-order valence-electron chi connectivity index (χ0n) is 8.66. The minimum absolute atomic E-state index is 0. The summed E-state index contributed by atoms with van der Waals surface area (Å²) in [5.74, 6) is 1.10. The summed E-state index contributed by atoms with van der Waals surface area (Å²) >= 11 is 0. The number of fused-ring (bicyclic) bond motifs is 2. The molecule has 0 spiro atoms. The maximum absolute atomic E-state index is 6.10. The van der Waals surface area contributed by atoms with Gasteiger partial charge in [-0.25, -0.2) is 0 Å². The molecule has 2 N–H and O–H groups in total. The highest BCUT2D eigenvalue weighted by atomic mass is 35.5. The van der Waals surface area contributed by atoms with Crippen LogP contribution in [0.2, 0.25) is 0 Å². The first-order valence-electron chi connectivity index (χ1n) is 5.38. The zero-order chi connectivity index (χ0) is 9.54. The molecule has 1 aliphatic heterocycles. The lowest BCUT2D eigenvalue weighted by Gasteiger charge is -2.22. The molecule has 1 heterocycles. The van der Waals surface area contributed by atoms with E-state index in [1.807, 2.05) is 0 Å². The molecule has 0 aromatic heterocycles. The van der Waals surface area contributed by atoms with Crippen molar-refractivity contribution in [3.63, 3.8) is 0 Å². The number of hydrogen-bond acceptors (Lipinski definition) is 2. The third-order valence-electron chi connectivity index (χ3n) is 3.31. The highest BCUT2D eigenvalue weighted by molar-refractivity contribution is 5.85. The Labute approximate surface area is 96.2 Å². The Morgan fingerprint density at radius 2 is 2.07 bits per heavy atom. The normalized spacial score (nSPS) is 22.3. The van der Waals surface area contributed by atoms with E-state index in [2.05, 4.69) is 12.1 Å². The van der Waals surface area contributed by atoms with E-state index in [1.165, 1.54) is 29.5 Å². The van der Waals surface area contributed by atoms with Gasteiger partial charge in [0.25, 0.3) is 0 Å². The van der Waals surface area contributed by atoms with E-state index < -0.39 is 0 Å². The summed E-state index contributed by atoms with van der Waals surface area (Å²) in [7, 11) is 0. The first-order valence-corrected chi connectivity index (χ1v) is 5.38. The fourth-order valence-electron chi connectivity index (χ4n) is 2.52. The number of ether oxygens (including phenoxy) is 1. The van der Waals surface area contributed by atoms with Crippen LogP contribution < -0.4 is 10.5 Å². The molecule has 2 nitrogen and oxygen atoms in total. The van der Waals surface area contributed by atoms with Gasteiger partial charge in [0.15, 0.2) is 0 Å². The van der Waals surface area contributed by atoms with Crippen molar-refractivity contribution in [2.24, 2.45) is 5.73 Å². The van der Waals surface area contributed by atoms with E-state index >= 15 is 0 Å². The summed E-state index contributed by atoms with van der Waals surface area (Å²) in [5.41, 5.74) is 10.2. The highest BCUT2D eigenvalue weighted by Gasteiger charge is 2.21. The Morgan fingerprint density at radius 1 is 1.20 bits per heavy atom. The van der Waals surface area contributed by atoms with Crippen LogP contribution in [0, 0.1) is 0 Å². The molecule has 3 heteroatoms. The second-order valence-electron chi connectivity index (χ2n) is 4.26. The average molecular weight is 226 g/mol. The quantitative estimate of drug-likeness (QED) is 0.736. The van der Waals surface area contributed by atoms with E-state index in [0.29, 0.717) is 0 Å². The van der Waals surface area contributed by atoms with Gasteiger partial charge in [0.05, 0.1) is 6.61 Å². The summed E-state index contributed by atoms with van der Waals surface area (Å²) in [5, 5.41) is 0. The highest BCUT2D eigenvalue weighted by Crippen LogP contribution is 2.35. The summed E-state index contributed by atoms with van der Waals surface area (Å²) in [6.45, 7) is 0.841. The summed E-state index contributed by atoms with van der Waals surface area (Å²) < 4.78 is 5.56. The van der Waals surface area contributed by atoms with Crippen LogP contribution in [0.15, 0.2) is 12.1 Å². The SMILES string of the molecule is Cl.NC1CCCc2cc3c(cc21)CCO3. The Bertz CT molecular complexity index is 378. The second kappa shape index (κ2) is 4.03. The van der Waals surface area contributed by atoms with Crippen molar-refractivity contribution in [1.82, 2.24) is 0 Å². The molecule has 1 aromatic carbocycles. The van der Waals surface area contributed by atoms with Crippen molar-refractivity contribution in [2.45, 2.75) is 31.7 Å². The van der Waals surface area contributed by atoms with Crippen molar-refractivity contribution in [3.05, 3.63) is 28.8 Å². The number of nitrogens with two attached hydrogens (primary N) is 1. The smallest absolute Gasteiger partial charge is 0.122 e. The predicted molar refractivity (Wildman–Crippen MR) is 62.8 cm³/mol. The monoisotopic (exact) mass is 225 g/mol. The summed E-state index contributed by atoms with van der Waals surface area (Å²) in [6.07, 6.45) is 4.56. The predicted octanol–water partition coefficient (Wildman–Crippen LogP) is 2.38. The van der Waals surface area contributed by atoms with Crippen LogP contribution in [-0.4, -0.2) is 6.61 Å². The van der Waals surface area contributed by atoms with Crippen LogP contribution in [0.25, 0.3) is 0 Å². The molecule has 15 heavy (non-hydrogen) atoms. The van der Waals surface area contributed by atoms with Gasteiger partial charge in [-0.2, -0.15) is 0 Å². The number of halogens is 1. The molecule has 0 radical (unpaired) electrons. The van der Waals surface area contributed by atoms with E-state index in [4.69, 9.17) is 10.5 Å². The third kappa shape index (κ3) is 1.72. The van der Waals surface area contributed by atoms with Gasteiger partial charge in [0.1, 0.15) is 5.75 Å². The molecule has 1 unspecified atom stereocenters. The lowest BCUT2D eigenvalue weighted by molar-refractivity contribution is 0.356. The number of aryl methyl sites for hydroxylation is 1. The Morgan fingerprint density at radius 3 is 2.93 bits per heavy atom. The van der Waals surface area contributed by atoms with E-state index in [1.54, 1.807) is 0 Å². The lowest BCUT2D eigenvalue weighted by Crippen LogP contribution is -2.17. The summed E-state index contributed by atoms with van der Waals surface area (Å²) in [6, 6.07) is 4.72. The molecule has 82 valence electrons. The minimum atomic E-state index is 0. The molecular weight excluding hydrogens is 210 g/mol. The van der Waals surface area contributed by atoms with Gasteiger partial charge >= 0.3 is 0 Å². The molecule has 1 aliphatic carbocycles. The largest absolute Gasteiger partial charge is 0.493 e. The van der Waals surface area contributed by atoms with Crippen molar-refractivity contribution in [3.8, 4) is 5.75 Å². The maximum Gasteiger partial charge on any atom is 0.122 e. The molecule has 2 aliphatic rings. The minimum Gasteiger partial charge on any atom is -0.493 e. The van der Waals surface area contributed by atoms with Crippen molar-refractivity contribution in [1.29, 1.82) is 0 Å². The van der Waals surface area contributed by atoms with E-state index in [-0.39, 0.29) is 18.4 Å². The van der Waals surface area contributed by atoms with Crippen LogP contribution in [0.5, 0.6) is 5.75 Å². The maximum atomic E-state index is 6.10. The van der Waals surface area contributed by atoms with Gasteiger partial charge in [-0.05, 0) is 42.0 Å². The molecular formula is C12H16ClNO. The zero-order valence-corrected chi connectivity index (χ0v) is 9.48. The Hall–Kier alpha value is -0.730. The van der Waals surface area contributed by atoms with Crippen molar-refractivity contribution >= 4 is 12.4 Å². The topological polar surface area (TPSA) is 35.2 Å².